The van der Waals surface area contributed by atoms with Gasteiger partial charge in [-0.05, 0) is 32.1 Å². The second kappa shape index (κ2) is 11.8. The number of likely N-dealkylation sites (tertiary alicyclic amines) is 1. The van der Waals surface area contributed by atoms with Crippen LogP contribution in [0.25, 0.3) is 0 Å². The highest BCUT2D eigenvalue weighted by molar-refractivity contribution is 5.82. The van der Waals surface area contributed by atoms with Crippen molar-refractivity contribution >= 4 is 17.5 Å². The Morgan fingerprint density at radius 3 is 2.31 bits per heavy atom. The number of aromatic nitrogens is 4. The van der Waals surface area contributed by atoms with Crippen LogP contribution in [0.2, 0.25) is 0 Å². The number of piperidine rings is 2. The molecule has 10 nitrogen and oxygen atoms in total. The Hall–Kier alpha value is -3.43. The molecule has 0 aliphatic carbocycles. The average Bonchev–Trinajstić information content (AvgIpc) is 2.88. The number of rotatable bonds is 8. The summed E-state index contributed by atoms with van der Waals surface area (Å²) in [5, 5.41) is 7.71. The van der Waals surface area contributed by atoms with Gasteiger partial charge in [0.1, 0.15) is 11.7 Å². The lowest BCUT2D eigenvalue weighted by atomic mass is 9.98. The summed E-state index contributed by atoms with van der Waals surface area (Å²) in [5.74, 6) is 0.0519. The Bertz CT molecular complexity index is 1180. The van der Waals surface area contributed by atoms with Gasteiger partial charge in [-0.2, -0.15) is 31.4 Å². The van der Waals surface area contributed by atoms with Gasteiger partial charge in [0.15, 0.2) is 0 Å². The summed E-state index contributed by atoms with van der Waals surface area (Å²) < 4.78 is 83.3. The predicted molar refractivity (Wildman–Crippen MR) is 126 cm³/mol. The van der Waals surface area contributed by atoms with E-state index >= 15 is 0 Å². The number of aromatic amines is 1. The molecule has 2 aromatic heterocycles. The molecule has 4 rings (SSSR count). The lowest BCUT2D eigenvalue weighted by molar-refractivity contribution is -0.151. The van der Waals surface area contributed by atoms with Crippen molar-refractivity contribution in [2.45, 2.75) is 56.6 Å². The van der Waals surface area contributed by atoms with E-state index in [1.165, 1.54) is 0 Å². The lowest BCUT2D eigenvalue weighted by Crippen LogP contribution is -2.53. The fourth-order valence-electron chi connectivity index (χ4n) is 4.73. The van der Waals surface area contributed by atoms with Gasteiger partial charge in [0.25, 0.3) is 11.5 Å². The van der Waals surface area contributed by atoms with Crippen LogP contribution < -0.4 is 15.8 Å². The Morgan fingerprint density at radius 1 is 0.974 bits per heavy atom. The van der Waals surface area contributed by atoms with Gasteiger partial charge in [0, 0.05) is 51.2 Å². The van der Waals surface area contributed by atoms with E-state index in [0.717, 1.165) is 25.0 Å². The minimum atomic E-state index is -4.84. The first-order valence-corrected chi connectivity index (χ1v) is 12.4. The van der Waals surface area contributed by atoms with E-state index in [1.54, 1.807) is 14.9 Å². The third-order valence-electron chi connectivity index (χ3n) is 6.67. The van der Waals surface area contributed by atoms with Gasteiger partial charge in [0.05, 0.1) is 17.4 Å². The molecule has 0 saturated carbocycles. The van der Waals surface area contributed by atoms with Crippen molar-refractivity contribution < 1.29 is 35.9 Å². The number of carbonyl (C=O) groups is 1. The maximum atomic E-state index is 13.1. The van der Waals surface area contributed by atoms with Crippen molar-refractivity contribution in [3.8, 4) is 0 Å². The van der Waals surface area contributed by atoms with Crippen molar-refractivity contribution in [1.82, 2.24) is 25.1 Å². The number of ether oxygens (including phenoxy) is 1. The Labute approximate surface area is 218 Å². The number of alkyl halides is 6. The molecule has 4 heterocycles. The number of hydrogen-bond acceptors (Lipinski definition) is 8. The average molecular weight is 564 g/mol. The number of nitrogens with zero attached hydrogens (tertiary/aromatic N) is 5. The Morgan fingerprint density at radius 2 is 1.67 bits per heavy atom. The molecule has 2 fully saturated rings. The smallest absolute Gasteiger partial charge is 0.383 e. The molecule has 2 N–H and O–H groups in total. The molecule has 1 atom stereocenters. The molecule has 2 saturated heterocycles. The van der Waals surface area contributed by atoms with Crippen LogP contribution in [0.4, 0.5) is 38.0 Å². The standard InChI is InChI=1S/C23H27F6N7O3/c24-22(25,26)14-11-31-21(32-12-14)35-8-4-15(5-9-35)36-7-1-3-17(20(36)38)39-10-2-6-30-16-13-33-34-19(37)18(16)23(27,28)29/h11-13,15,17H,1-10H2,(H2,30,34,37)/t17-/m0/s1. The molecule has 16 heteroatoms. The summed E-state index contributed by atoms with van der Waals surface area (Å²) in [6.45, 7) is 1.72. The van der Waals surface area contributed by atoms with E-state index < -0.39 is 40.8 Å². The first-order valence-electron chi connectivity index (χ1n) is 12.4. The van der Waals surface area contributed by atoms with Gasteiger partial charge in [-0.3, -0.25) is 9.59 Å². The minimum Gasteiger partial charge on any atom is -0.383 e. The molecule has 0 unspecified atom stereocenters. The highest BCUT2D eigenvalue weighted by atomic mass is 19.4. The SMILES string of the molecule is O=C1[C@@H](OCCCNc2cn[nH]c(=O)c2C(F)(F)F)CCCN1C1CCN(c2ncc(C(F)(F)F)cn2)CC1. The molecule has 0 bridgehead atoms. The number of anilines is 2. The first kappa shape index (κ1) is 28.6. The third kappa shape index (κ3) is 6.96. The van der Waals surface area contributed by atoms with Gasteiger partial charge < -0.3 is 19.9 Å². The molecule has 2 aliphatic rings. The number of H-pyrrole nitrogens is 1. The van der Waals surface area contributed by atoms with Crippen LogP contribution in [0.15, 0.2) is 23.4 Å². The molecule has 1 amide bonds. The molecular weight excluding hydrogens is 536 g/mol. The summed E-state index contributed by atoms with van der Waals surface area (Å²) >= 11 is 0. The third-order valence-corrected chi connectivity index (χ3v) is 6.67. The van der Waals surface area contributed by atoms with E-state index in [2.05, 4.69) is 20.4 Å². The maximum absolute atomic E-state index is 13.1. The van der Waals surface area contributed by atoms with Crippen molar-refractivity contribution in [1.29, 1.82) is 0 Å². The highest BCUT2D eigenvalue weighted by Crippen LogP contribution is 2.32. The van der Waals surface area contributed by atoms with Gasteiger partial charge in [-0.1, -0.05) is 0 Å². The number of amides is 1. The van der Waals surface area contributed by atoms with E-state index in [4.69, 9.17) is 4.74 Å². The topological polar surface area (TPSA) is 116 Å². The first-order chi connectivity index (χ1) is 18.4. The van der Waals surface area contributed by atoms with Crippen molar-refractivity contribution in [2.24, 2.45) is 0 Å². The summed E-state index contributed by atoms with van der Waals surface area (Å²) in [6, 6.07) is -0.0549. The van der Waals surface area contributed by atoms with Gasteiger partial charge in [-0.25, -0.2) is 15.1 Å². The zero-order valence-electron chi connectivity index (χ0n) is 20.7. The van der Waals surface area contributed by atoms with E-state index in [-0.39, 0.29) is 31.0 Å². The fraction of sp³-hybridized carbons (Fsp3) is 0.609. The van der Waals surface area contributed by atoms with E-state index in [9.17, 15) is 35.9 Å². The molecule has 0 radical (unpaired) electrons. The van der Waals surface area contributed by atoms with Crippen LogP contribution in [0.3, 0.4) is 0 Å². The summed E-state index contributed by atoms with van der Waals surface area (Å²) in [5.41, 5.74) is -4.04. The van der Waals surface area contributed by atoms with Crippen LogP contribution in [-0.2, 0) is 21.9 Å². The van der Waals surface area contributed by atoms with Crippen molar-refractivity contribution in [3.63, 3.8) is 0 Å². The molecule has 0 spiro atoms. The Kier molecular flexibility index (Phi) is 8.61. The predicted octanol–water partition coefficient (Wildman–Crippen LogP) is 3.08. The largest absolute Gasteiger partial charge is 0.423 e. The van der Waals surface area contributed by atoms with Gasteiger partial charge in [-0.15, -0.1) is 0 Å². The van der Waals surface area contributed by atoms with E-state index in [0.29, 0.717) is 45.3 Å². The van der Waals surface area contributed by atoms with Gasteiger partial charge >= 0.3 is 12.4 Å². The van der Waals surface area contributed by atoms with Crippen LogP contribution >= 0.6 is 0 Å². The molecule has 39 heavy (non-hydrogen) atoms. The zero-order chi connectivity index (χ0) is 28.2. The quantitative estimate of drug-likeness (QED) is 0.372. The number of halogens is 6. The van der Waals surface area contributed by atoms with Crippen LogP contribution in [0.5, 0.6) is 0 Å². The normalized spacial score (nSPS) is 19.4. The number of carbonyl (C=O) groups excluding carboxylic acids is 1. The second-order valence-electron chi connectivity index (χ2n) is 9.29. The lowest BCUT2D eigenvalue weighted by Gasteiger charge is -2.42. The van der Waals surface area contributed by atoms with Crippen LogP contribution in [0, 0.1) is 0 Å². The summed E-state index contributed by atoms with van der Waals surface area (Å²) in [7, 11) is 0. The zero-order valence-corrected chi connectivity index (χ0v) is 20.7. The molecule has 2 aromatic rings. The minimum absolute atomic E-state index is 0.0549. The highest BCUT2D eigenvalue weighted by Gasteiger charge is 2.38. The fourth-order valence-corrected chi connectivity index (χ4v) is 4.73. The van der Waals surface area contributed by atoms with E-state index in [1.807, 2.05) is 0 Å². The number of hydrogen-bond donors (Lipinski definition) is 2. The number of nitrogens with one attached hydrogen (secondary N) is 2. The van der Waals surface area contributed by atoms with Crippen LogP contribution in [-0.4, -0.2) is 75.9 Å². The summed E-state index contributed by atoms with van der Waals surface area (Å²) in [6.07, 6.45) is -4.88. The summed E-state index contributed by atoms with van der Waals surface area (Å²) in [4.78, 5) is 35.8. The molecule has 214 valence electrons. The Balaban J connectivity index is 1.23. The van der Waals surface area contributed by atoms with Crippen LogP contribution in [0.1, 0.15) is 43.2 Å². The second-order valence-corrected chi connectivity index (χ2v) is 9.29. The van der Waals surface area contributed by atoms with Gasteiger partial charge in [0.2, 0.25) is 5.95 Å². The molecular formula is C23H27F6N7O3. The monoisotopic (exact) mass is 563 g/mol. The van der Waals surface area contributed by atoms with Crippen molar-refractivity contribution in [3.05, 3.63) is 40.1 Å². The molecule has 2 aliphatic heterocycles. The van der Waals surface area contributed by atoms with Crippen molar-refractivity contribution in [2.75, 3.05) is 43.0 Å². The molecule has 0 aromatic carbocycles. The maximum Gasteiger partial charge on any atom is 0.423 e.